The molecule has 1 aromatic carbocycles. The summed E-state index contributed by atoms with van der Waals surface area (Å²) in [4.78, 5) is 16.4. The Morgan fingerprint density at radius 2 is 1.78 bits per heavy atom. The van der Waals surface area contributed by atoms with Gasteiger partial charge in [-0.1, -0.05) is 18.1 Å². The van der Waals surface area contributed by atoms with Gasteiger partial charge in [-0.2, -0.15) is 26.3 Å². The van der Waals surface area contributed by atoms with Gasteiger partial charge in [-0.05, 0) is 29.8 Å². The fourth-order valence-corrected chi connectivity index (χ4v) is 4.51. The lowest BCUT2D eigenvalue weighted by molar-refractivity contribution is -0.173. The second kappa shape index (κ2) is 9.28. The van der Waals surface area contributed by atoms with Crippen molar-refractivity contribution in [2.45, 2.75) is 24.2 Å². The summed E-state index contributed by atoms with van der Waals surface area (Å²) < 4.78 is 103. The quantitative estimate of drug-likeness (QED) is 0.194. The van der Waals surface area contributed by atoms with Crippen molar-refractivity contribution in [3.05, 3.63) is 47.7 Å². The molecule has 8 nitrogen and oxygen atoms in total. The van der Waals surface area contributed by atoms with Crippen LogP contribution in [0.25, 0.3) is 33.6 Å². The summed E-state index contributed by atoms with van der Waals surface area (Å²) >= 11 is 0. The van der Waals surface area contributed by atoms with Crippen molar-refractivity contribution < 1.29 is 39.6 Å². The summed E-state index contributed by atoms with van der Waals surface area (Å²) in [5, 5.41) is 3.59. The van der Waals surface area contributed by atoms with Crippen LogP contribution < -0.4 is 0 Å². The van der Waals surface area contributed by atoms with E-state index in [2.05, 4.69) is 24.9 Å². The van der Waals surface area contributed by atoms with Crippen LogP contribution >= 0.6 is 0 Å². The van der Waals surface area contributed by atoms with E-state index >= 15 is 0 Å². The minimum absolute atomic E-state index is 0.0121. The SMILES string of the molecule is CCS(=O)(=O)c1cc2cc(/C=N/OCC(F)(F)F)ccc2nc1-c1nc2cc(C(F)(F)F)cnc2n1C. The molecule has 4 rings (SSSR count). The topological polar surface area (TPSA) is 99.3 Å². The second-order valence-electron chi connectivity index (χ2n) is 7.87. The van der Waals surface area contributed by atoms with Gasteiger partial charge in [0.1, 0.15) is 11.2 Å². The van der Waals surface area contributed by atoms with Crippen LogP contribution in [-0.4, -0.2) is 52.7 Å². The van der Waals surface area contributed by atoms with Gasteiger partial charge >= 0.3 is 12.4 Å². The first-order valence-corrected chi connectivity index (χ1v) is 12.1. The van der Waals surface area contributed by atoms with E-state index in [-0.39, 0.29) is 33.3 Å². The number of halogens is 6. The van der Waals surface area contributed by atoms with Gasteiger partial charge in [0.2, 0.25) is 6.61 Å². The fourth-order valence-electron chi connectivity index (χ4n) is 3.46. The molecule has 0 fully saturated rings. The van der Waals surface area contributed by atoms with Gasteiger partial charge in [-0.3, -0.25) is 0 Å². The third kappa shape index (κ3) is 5.50. The number of oxime groups is 1. The van der Waals surface area contributed by atoms with Crippen molar-refractivity contribution in [1.29, 1.82) is 0 Å². The number of hydrogen-bond donors (Lipinski definition) is 0. The number of benzene rings is 1. The van der Waals surface area contributed by atoms with E-state index in [0.29, 0.717) is 22.7 Å². The summed E-state index contributed by atoms with van der Waals surface area (Å²) in [5.41, 5.74) is -0.482. The summed E-state index contributed by atoms with van der Waals surface area (Å²) in [6, 6.07) is 6.54. The highest BCUT2D eigenvalue weighted by Gasteiger charge is 2.32. The second-order valence-corrected chi connectivity index (χ2v) is 10.1. The first-order valence-electron chi connectivity index (χ1n) is 10.5. The lowest BCUT2D eigenvalue weighted by atomic mass is 10.1. The van der Waals surface area contributed by atoms with Crippen LogP contribution in [0, 0.1) is 0 Å². The lowest BCUT2D eigenvalue weighted by Crippen LogP contribution is -2.14. The van der Waals surface area contributed by atoms with E-state index < -0.39 is 34.4 Å². The number of aromatic nitrogens is 4. The average Bonchev–Trinajstić information content (AvgIpc) is 3.15. The Morgan fingerprint density at radius 3 is 2.43 bits per heavy atom. The molecule has 0 aliphatic heterocycles. The number of imidazole rings is 1. The first-order chi connectivity index (χ1) is 17.2. The molecule has 37 heavy (non-hydrogen) atoms. The number of alkyl halides is 6. The molecular formula is C22H17F6N5O3S. The predicted molar refractivity (Wildman–Crippen MR) is 122 cm³/mol. The molecule has 15 heteroatoms. The zero-order valence-electron chi connectivity index (χ0n) is 19.1. The molecule has 0 bridgehead atoms. The highest BCUT2D eigenvalue weighted by molar-refractivity contribution is 7.91. The van der Waals surface area contributed by atoms with E-state index in [9.17, 15) is 34.8 Å². The van der Waals surface area contributed by atoms with Crippen LogP contribution in [0.15, 0.2) is 46.6 Å². The Labute approximate surface area is 205 Å². The summed E-state index contributed by atoms with van der Waals surface area (Å²) in [6.45, 7) is -0.158. The Hall–Kier alpha value is -3.75. The smallest absolute Gasteiger partial charge is 0.386 e. The van der Waals surface area contributed by atoms with E-state index in [1.54, 1.807) is 0 Å². The van der Waals surface area contributed by atoms with Gasteiger partial charge in [-0.25, -0.2) is 23.4 Å². The lowest BCUT2D eigenvalue weighted by Gasteiger charge is -2.11. The standard InChI is InChI=1S/C22H17F6N5O3S/c1-3-37(34,35)17-7-13-6-12(9-30-36-11-21(23,24)25)4-5-15(13)31-18(17)20-32-16-8-14(22(26,27)28)10-29-19(16)33(20)2/h4-10H,3,11H2,1-2H3/b30-9+. The molecule has 0 N–H and O–H groups in total. The van der Waals surface area contributed by atoms with Crippen LogP contribution in [0.1, 0.15) is 18.1 Å². The Kier molecular flexibility index (Phi) is 6.60. The van der Waals surface area contributed by atoms with Crippen molar-refractivity contribution in [3.8, 4) is 11.5 Å². The van der Waals surface area contributed by atoms with Crippen molar-refractivity contribution in [2.24, 2.45) is 12.2 Å². The van der Waals surface area contributed by atoms with Gasteiger partial charge in [-0.15, -0.1) is 0 Å². The van der Waals surface area contributed by atoms with Gasteiger partial charge in [0.25, 0.3) is 0 Å². The fraction of sp³-hybridized carbons (Fsp3) is 0.273. The highest BCUT2D eigenvalue weighted by Crippen LogP contribution is 2.34. The molecule has 0 unspecified atom stereocenters. The molecule has 3 aromatic heterocycles. The van der Waals surface area contributed by atoms with Crippen LogP contribution in [0.4, 0.5) is 26.3 Å². The number of pyridine rings is 2. The van der Waals surface area contributed by atoms with Crippen LogP contribution in [0.2, 0.25) is 0 Å². The normalized spacial score (nSPS) is 13.2. The van der Waals surface area contributed by atoms with E-state index in [4.69, 9.17) is 0 Å². The molecular weight excluding hydrogens is 528 g/mol. The van der Waals surface area contributed by atoms with Gasteiger partial charge < -0.3 is 9.40 Å². The minimum atomic E-state index is -4.64. The third-order valence-electron chi connectivity index (χ3n) is 5.27. The zero-order chi connectivity index (χ0) is 27.2. The van der Waals surface area contributed by atoms with Crippen LogP contribution in [0.5, 0.6) is 0 Å². The Balaban J connectivity index is 1.84. The van der Waals surface area contributed by atoms with Crippen molar-refractivity contribution in [2.75, 3.05) is 12.4 Å². The maximum atomic E-state index is 13.1. The molecule has 196 valence electrons. The van der Waals surface area contributed by atoms with Gasteiger partial charge in [0.05, 0.1) is 27.9 Å². The van der Waals surface area contributed by atoms with Crippen molar-refractivity contribution >= 4 is 38.1 Å². The minimum Gasteiger partial charge on any atom is -0.386 e. The van der Waals surface area contributed by atoms with Gasteiger partial charge in [0, 0.05) is 18.6 Å². The molecule has 0 atom stereocenters. The molecule has 0 saturated heterocycles. The van der Waals surface area contributed by atoms with Crippen molar-refractivity contribution in [1.82, 2.24) is 19.5 Å². The molecule has 4 aromatic rings. The molecule has 0 amide bonds. The maximum Gasteiger partial charge on any atom is 0.425 e. The van der Waals surface area contributed by atoms with Crippen LogP contribution in [-0.2, 0) is 27.9 Å². The monoisotopic (exact) mass is 545 g/mol. The molecule has 0 saturated carbocycles. The molecule has 0 aliphatic carbocycles. The number of rotatable bonds is 6. The zero-order valence-corrected chi connectivity index (χ0v) is 19.9. The maximum absolute atomic E-state index is 13.1. The number of aryl methyl sites for hydroxylation is 1. The van der Waals surface area contributed by atoms with E-state index in [1.807, 2.05) is 0 Å². The molecule has 0 spiro atoms. The van der Waals surface area contributed by atoms with Crippen LogP contribution in [0.3, 0.4) is 0 Å². The largest absolute Gasteiger partial charge is 0.425 e. The number of hydrogen-bond acceptors (Lipinski definition) is 7. The average molecular weight is 545 g/mol. The Morgan fingerprint density at radius 1 is 1.05 bits per heavy atom. The van der Waals surface area contributed by atoms with E-state index in [0.717, 1.165) is 12.3 Å². The van der Waals surface area contributed by atoms with E-state index in [1.165, 1.54) is 42.8 Å². The number of nitrogens with zero attached hydrogens (tertiary/aromatic N) is 5. The first kappa shape index (κ1) is 26.3. The molecule has 0 radical (unpaired) electrons. The number of fused-ring (bicyclic) bond motifs is 2. The predicted octanol–water partition coefficient (Wildman–Crippen LogP) is 4.91. The molecule has 0 aliphatic rings. The summed E-state index contributed by atoms with van der Waals surface area (Å²) in [7, 11) is -2.43. The highest BCUT2D eigenvalue weighted by atomic mass is 32.2. The Bertz CT molecular complexity index is 1630. The summed E-state index contributed by atoms with van der Waals surface area (Å²) in [6.07, 6.45) is -7.51. The van der Waals surface area contributed by atoms with Gasteiger partial charge in [0.15, 0.2) is 21.3 Å². The summed E-state index contributed by atoms with van der Waals surface area (Å²) in [5.74, 6) is -0.318. The molecule has 3 heterocycles. The third-order valence-corrected chi connectivity index (χ3v) is 7.01. The number of sulfone groups is 1. The van der Waals surface area contributed by atoms with Crippen molar-refractivity contribution in [3.63, 3.8) is 0 Å².